The molecule has 0 aliphatic rings. The lowest BCUT2D eigenvalue weighted by Gasteiger charge is -2.18. The van der Waals surface area contributed by atoms with Gasteiger partial charge in [0.15, 0.2) is 5.82 Å². The number of nitriles is 1. The summed E-state index contributed by atoms with van der Waals surface area (Å²) >= 11 is 2.21. The van der Waals surface area contributed by atoms with Gasteiger partial charge in [-0.05, 0) is 108 Å². The standard InChI is InChI=1S/C35H31IN4O3/c1-5-42-33-16-23(4)29(18-28(33)22(2)3)34-39-31-13-9-8-12-27(31)35(41)40(34)38-20-24-14-15-32(30(36)17-24)43-21-26-11-7-6-10-25(26)19-37/h6-18,20,22H,5,21H2,1-4H3. The molecular formula is C35H31IN4O3. The summed E-state index contributed by atoms with van der Waals surface area (Å²) in [5, 5.41) is 14.5. The minimum Gasteiger partial charge on any atom is -0.494 e. The highest BCUT2D eigenvalue weighted by Gasteiger charge is 2.18. The molecule has 0 radical (unpaired) electrons. The Kier molecular flexibility index (Phi) is 9.22. The number of halogens is 1. The van der Waals surface area contributed by atoms with E-state index in [4.69, 9.17) is 14.5 Å². The molecule has 0 unspecified atom stereocenters. The van der Waals surface area contributed by atoms with Crippen LogP contribution in [0.2, 0.25) is 0 Å². The monoisotopic (exact) mass is 682 g/mol. The largest absolute Gasteiger partial charge is 0.494 e. The van der Waals surface area contributed by atoms with E-state index in [0.717, 1.165) is 37.1 Å². The second-order valence-electron chi connectivity index (χ2n) is 10.4. The summed E-state index contributed by atoms with van der Waals surface area (Å²) in [6.45, 7) is 9.05. The maximum Gasteiger partial charge on any atom is 0.282 e. The summed E-state index contributed by atoms with van der Waals surface area (Å²) < 4.78 is 14.2. The molecule has 0 aliphatic heterocycles. The molecule has 8 heteroatoms. The van der Waals surface area contributed by atoms with Crippen molar-refractivity contribution >= 4 is 39.7 Å². The average molecular weight is 683 g/mol. The molecule has 1 heterocycles. The fraction of sp³-hybridized carbons (Fsp3) is 0.200. The molecule has 7 nitrogen and oxygen atoms in total. The van der Waals surface area contributed by atoms with Crippen molar-refractivity contribution in [3.8, 4) is 29.0 Å². The predicted octanol–water partition coefficient (Wildman–Crippen LogP) is 7.83. The van der Waals surface area contributed by atoms with Crippen molar-refractivity contribution in [2.45, 2.75) is 40.2 Å². The molecule has 5 rings (SSSR count). The van der Waals surface area contributed by atoms with Crippen LogP contribution in [0, 0.1) is 21.8 Å². The predicted molar refractivity (Wildman–Crippen MR) is 179 cm³/mol. The van der Waals surface area contributed by atoms with Crippen LogP contribution in [-0.2, 0) is 6.61 Å². The Balaban J connectivity index is 1.54. The number of hydrogen-bond donors (Lipinski definition) is 0. The van der Waals surface area contributed by atoms with Crippen molar-refractivity contribution in [3.63, 3.8) is 0 Å². The van der Waals surface area contributed by atoms with Gasteiger partial charge in [0.1, 0.15) is 18.1 Å². The lowest BCUT2D eigenvalue weighted by Crippen LogP contribution is -2.21. The molecule has 0 saturated carbocycles. The van der Waals surface area contributed by atoms with Gasteiger partial charge in [0.05, 0.1) is 38.9 Å². The fourth-order valence-electron chi connectivity index (χ4n) is 4.83. The molecule has 0 amide bonds. The molecule has 0 saturated heterocycles. The molecule has 43 heavy (non-hydrogen) atoms. The number of rotatable bonds is 9. The van der Waals surface area contributed by atoms with E-state index in [-0.39, 0.29) is 18.1 Å². The maximum absolute atomic E-state index is 13.8. The first kappa shape index (κ1) is 30.0. The Hall–Kier alpha value is -4.49. The Morgan fingerprint density at radius 3 is 2.53 bits per heavy atom. The van der Waals surface area contributed by atoms with Crippen molar-refractivity contribution in [2.24, 2.45) is 5.10 Å². The first-order valence-electron chi connectivity index (χ1n) is 14.0. The highest BCUT2D eigenvalue weighted by molar-refractivity contribution is 14.1. The number of fused-ring (bicyclic) bond motifs is 1. The molecule has 0 bridgehead atoms. The quantitative estimate of drug-likeness (QED) is 0.117. The Labute approximate surface area is 264 Å². The molecule has 216 valence electrons. The second kappa shape index (κ2) is 13.2. The minimum absolute atomic E-state index is 0.209. The zero-order valence-corrected chi connectivity index (χ0v) is 26.6. The molecule has 0 atom stereocenters. The lowest BCUT2D eigenvalue weighted by atomic mass is 9.96. The van der Waals surface area contributed by atoms with E-state index >= 15 is 0 Å². The first-order valence-corrected chi connectivity index (χ1v) is 15.1. The number of benzene rings is 4. The molecule has 0 aliphatic carbocycles. The molecule has 1 aromatic heterocycles. The summed E-state index contributed by atoms with van der Waals surface area (Å²) in [6.07, 6.45) is 1.66. The van der Waals surface area contributed by atoms with Crippen molar-refractivity contribution in [2.75, 3.05) is 6.61 Å². The van der Waals surface area contributed by atoms with E-state index in [1.807, 2.05) is 74.5 Å². The lowest BCUT2D eigenvalue weighted by molar-refractivity contribution is 0.303. The Morgan fingerprint density at radius 2 is 1.79 bits per heavy atom. The fourth-order valence-corrected chi connectivity index (χ4v) is 5.52. The van der Waals surface area contributed by atoms with E-state index < -0.39 is 0 Å². The van der Waals surface area contributed by atoms with Gasteiger partial charge >= 0.3 is 0 Å². The SMILES string of the molecule is CCOc1cc(C)c(-c2nc3ccccc3c(=O)n2N=Cc2ccc(OCc3ccccc3C#N)c(I)c2)cc1C(C)C. The van der Waals surface area contributed by atoms with E-state index in [0.29, 0.717) is 34.6 Å². The number of aryl methyl sites for hydroxylation is 1. The second-order valence-corrected chi connectivity index (χ2v) is 11.5. The summed E-state index contributed by atoms with van der Waals surface area (Å²) in [4.78, 5) is 18.7. The van der Waals surface area contributed by atoms with Crippen LogP contribution in [0.5, 0.6) is 11.5 Å². The Bertz CT molecular complexity index is 1940. The van der Waals surface area contributed by atoms with Crippen LogP contribution in [0.15, 0.2) is 88.8 Å². The summed E-state index contributed by atoms with van der Waals surface area (Å²) in [7, 11) is 0. The van der Waals surface area contributed by atoms with Crippen molar-refractivity contribution in [3.05, 3.63) is 121 Å². The van der Waals surface area contributed by atoms with Crippen LogP contribution in [-0.4, -0.2) is 22.5 Å². The maximum atomic E-state index is 13.8. The summed E-state index contributed by atoms with van der Waals surface area (Å²) in [6, 6.07) is 26.7. The van der Waals surface area contributed by atoms with Crippen LogP contribution in [0.4, 0.5) is 0 Å². The number of nitrogens with zero attached hydrogens (tertiary/aromatic N) is 4. The molecule has 0 spiro atoms. The smallest absolute Gasteiger partial charge is 0.282 e. The van der Waals surface area contributed by atoms with E-state index in [1.165, 1.54) is 4.68 Å². The van der Waals surface area contributed by atoms with E-state index in [2.05, 4.69) is 53.7 Å². The molecule has 0 fully saturated rings. The topological polar surface area (TPSA) is 89.5 Å². The van der Waals surface area contributed by atoms with Crippen LogP contribution >= 0.6 is 22.6 Å². The molecule has 0 N–H and O–H groups in total. The third kappa shape index (κ3) is 6.47. The molecule has 5 aromatic rings. The summed E-state index contributed by atoms with van der Waals surface area (Å²) in [5.74, 6) is 2.21. The number of ether oxygens (including phenoxy) is 2. The normalized spacial score (nSPS) is 11.3. The van der Waals surface area contributed by atoms with Crippen LogP contribution in [0.3, 0.4) is 0 Å². The minimum atomic E-state index is -0.248. The zero-order chi connectivity index (χ0) is 30.5. The van der Waals surface area contributed by atoms with E-state index in [1.54, 1.807) is 18.3 Å². The average Bonchev–Trinajstić information content (AvgIpc) is 3.00. The molecular weight excluding hydrogens is 651 g/mol. The third-order valence-electron chi connectivity index (χ3n) is 7.07. The van der Waals surface area contributed by atoms with Gasteiger partial charge in [0, 0.05) is 11.1 Å². The number of para-hydroxylation sites is 1. The van der Waals surface area contributed by atoms with Gasteiger partial charge in [-0.1, -0.05) is 44.2 Å². The van der Waals surface area contributed by atoms with Crippen molar-refractivity contribution in [1.82, 2.24) is 9.66 Å². The van der Waals surface area contributed by atoms with Gasteiger partial charge in [-0.25, -0.2) is 4.98 Å². The van der Waals surface area contributed by atoms with E-state index in [9.17, 15) is 10.1 Å². The highest BCUT2D eigenvalue weighted by Crippen LogP contribution is 2.34. The van der Waals surface area contributed by atoms with Gasteiger partial charge in [-0.15, -0.1) is 0 Å². The Morgan fingerprint density at radius 1 is 1.02 bits per heavy atom. The number of aromatic nitrogens is 2. The number of hydrogen-bond acceptors (Lipinski definition) is 6. The van der Waals surface area contributed by atoms with Crippen LogP contribution in [0.25, 0.3) is 22.3 Å². The third-order valence-corrected chi connectivity index (χ3v) is 7.92. The summed E-state index contributed by atoms with van der Waals surface area (Å²) in [5.41, 5.74) is 5.39. The van der Waals surface area contributed by atoms with Crippen molar-refractivity contribution < 1.29 is 9.47 Å². The van der Waals surface area contributed by atoms with Gasteiger partial charge in [0.2, 0.25) is 0 Å². The van der Waals surface area contributed by atoms with Gasteiger partial charge in [0.25, 0.3) is 5.56 Å². The highest BCUT2D eigenvalue weighted by atomic mass is 127. The van der Waals surface area contributed by atoms with Crippen LogP contribution < -0.4 is 15.0 Å². The zero-order valence-electron chi connectivity index (χ0n) is 24.5. The molecule has 4 aromatic carbocycles. The van der Waals surface area contributed by atoms with Crippen molar-refractivity contribution in [1.29, 1.82) is 5.26 Å². The van der Waals surface area contributed by atoms with Gasteiger partial charge in [-0.2, -0.15) is 15.0 Å². The van der Waals surface area contributed by atoms with Crippen LogP contribution in [0.1, 0.15) is 54.5 Å². The van der Waals surface area contributed by atoms with Gasteiger partial charge in [-0.3, -0.25) is 4.79 Å². The first-order chi connectivity index (χ1) is 20.8. The van der Waals surface area contributed by atoms with Gasteiger partial charge < -0.3 is 9.47 Å².